The first kappa shape index (κ1) is 13.3. The van der Waals surface area contributed by atoms with Crippen LogP contribution in [0.5, 0.6) is 0 Å². The second-order valence-electron chi connectivity index (χ2n) is 4.49. The summed E-state index contributed by atoms with van der Waals surface area (Å²) in [5.41, 5.74) is 6.12. The van der Waals surface area contributed by atoms with E-state index in [1.54, 1.807) is 11.6 Å². The van der Waals surface area contributed by atoms with Gasteiger partial charge in [0, 0.05) is 19.4 Å². The Bertz CT molecular complexity index is 822. The van der Waals surface area contributed by atoms with E-state index in [1.807, 2.05) is 0 Å². The van der Waals surface area contributed by atoms with Crippen LogP contribution in [0.3, 0.4) is 0 Å². The van der Waals surface area contributed by atoms with Gasteiger partial charge in [-0.25, -0.2) is 15.0 Å². The van der Waals surface area contributed by atoms with Crippen molar-refractivity contribution in [3.63, 3.8) is 0 Å². The topological polar surface area (TPSA) is 69.6 Å². The molecule has 0 aliphatic heterocycles. The highest BCUT2D eigenvalue weighted by Crippen LogP contribution is 2.32. The van der Waals surface area contributed by atoms with Gasteiger partial charge in [-0.05, 0) is 18.2 Å². The van der Waals surface area contributed by atoms with Crippen LogP contribution in [0.1, 0.15) is 5.56 Å². The zero-order valence-corrected chi connectivity index (χ0v) is 10.9. The van der Waals surface area contributed by atoms with Crippen LogP contribution < -0.4 is 5.73 Å². The van der Waals surface area contributed by atoms with Gasteiger partial charge in [0.2, 0.25) is 0 Å². The molecule has 2 heterocycles. The molecule has 1 aromatic carbocycles. The third-order valence-electron chi connectivity index (χ3n) is 3.15. The van der Waals surface area contributed by atoms with E-state index in [9.17, 15) is 13.2 Å². The zero-order chi connectivity index (χ0) is 15.2. The number of aromatic nitrogens is 4. The summed E-state index contributed by atoms with van der Waals surface area (Å²) < 4.78 is 39.8. The van der Waals surface area contributed by atoms with Crippen LogP contribution in [0.15, 0.2) is 30.6 Å². The smallest absolute Gasteiger partial charge is 0.382 e. The number of anilines is 1. The van der Waals surface area contributed by atoms with Crippen molar-refractivity contribution in [3.8, 4) is 11.5 Å². The fourth-order valence-electron chi connectivity index (χ4n) is 2.11. The molecule has 0 saturated carbocycles. The minimum absolute atomic E-state index is 0.173. The standard InChI is InChI=1S/C13H10F3N5/c1-21-9-3-2-7(13(14,15)16)6-8(9)20-12(21)10-11(17)19-5-4-18-10/h2-6H,1H3,(H2,17,19). The molecule has 2 aromatic heterocycles. The zero-order valence-electron chi connectivity index (χ0n) is 10.9. The van der Waals surface area contributed by atoms with Crippen molar-refractivity contribution in [1.82, 2.24) is 19.5 Å². The molecule has 5 nitrogen and oxygen atoms in total. The van der Waals surface area contributed by atoms with Crippen molar-refractivity contribution >= 4 is 16.9 Å². The number of alkyl halides is 3. The van der Waals surface area contributed by atoms with Crippen LogP contribution in [0.2, 0.25) is 0 Å². The van der Waals surface area contributed by atoms with Crippen molar-refractivity contribution < 1.29 is 13.2 Å². The van der Waals surface area contributed by atoms with Gasteiger partial charge in [0.05, 0.1) is 16.6 Å². The second-order valence-corrected chi connectivity index (χ2v) is 4.49. The van der Waals surface area contributed by atoms with Crippen molar-refractivity contribution in [2.45, 2.75) is 6.18 Å². The van der Waals surface area contributed by atoms with Crippen LogP contribution >= 0.6 is 0 Å². The largest absolute Gasteiger partial charge is 0.416 e. The molecule has 8 heteroatoms. The Morgan fingerprint density at radius 3 is 2.52 bits per heavy atom. The fraction of sp³-hybridized carbons (Fsp3) is 0.154. The number of hydrogen-bond donors (Lipinski definition) is 1. The summed E-state index contributed by atoms with van der Waals surface area (Å²) in [5, 5.41) is 0. The summed E-state index contributed by atoms with van der Waals surface area (Å²) in [6.07, 6.45) is -1.52. The summed E-state index contributed by atoms with van der Waals surface area (Å²) >= 11 is 0. The highest BCUT2D eigenvalue weighted by Gasteiger charge is 2.31. The maximum absolute atomic E-state index is 12.7. The maximum atomic E-state index is 12.7. The van der Waals surface area contributed by atoms with Crippen LogP contribution in [0, 0.1) is 0 Å². The molecule has 2 N–H and O–H groups in total. The first-order valence-electron chi connectivity index (χ1n) is 5.98. The highest BCUT2D eigenvalue weighted by molar-refractivity contribution is 5.82. The monoisotopic (exact) mass is 293 g/mol. The Morgan fingerprint density at radius 2 is 1.86 bits per heavy atom. The number of benzene rings is 1. The molecule has 0 amide bonds. The van der Waals surface area contributed by atoms with Gasteiger partial charge in [-0.15, -0.1) is 0 Å². The Balaban J connectivity index is 2.23. The fourth-order valence-corrected chi connectivity index (χ4v) is 2.11. The number of imidazole rings is 1. The van der Waals surface area contributed by atoms with E-state index in [0.29, 0.717) is 17.0 Å². The van der Waals surface area contributed by atoms with Gasteiger partial charge in [0.1, 0.15) is 5.69 Å². The first-order valence-corrected chi connectivity index (χ1v) is 5.98. The molecule has 3 rings (SSSR count). The highest BCUT2D eigenvalue weighted by atomic mass is 19.4. The number of nitrogens with two attached hydrogens (primary N) is 1. The molecule has 0 saturated heterocycles. The number of hydrogen-bond acceptors (Lipinski definition) is 4. The van der Waals surface area contributed by atoms with Crippen LogP contribution in [0.4, 0.5) is 19.0 Å². The minimum atomic E-state index is -4.41. The van der Waals surface area contributed by atoms with E-state index in [1.165, 1.54) is 18.5 Å². The first-order chi connectivity index (χ1) is 9.88. The third kappa shape index (κ3) is 2.18. The lowest BCUT2D eigenvalue weighted by Gasteiger charge is -2.06. The lowest BCUT2D eigenvalue weighted by atomic mass is 10.2. The SMILES string of the molecule is Cn1c(-c2nccnc2N)nc2cc(C(F)(F)F)ccc21. The lowest BCUT2D eigenvalue weighted by molar-refractivity contribution is -0.137. The minimum Gasteiger partial charge on any atom is -0.382 e. The quantitative estimate of drug-likeness (QED) is 0.748. The van der Waals surface area contributed by atoms with Crippen LogP contribution in [-0.4, -0.2) is 19.5 Å². The van der Waals surface area contributed by atoms with Gasteiger partial charge in [-0.2, -0.15) is 13.2 Å². The van der Waals surface area contributed by atoms with Gasteiger partial charge in [-0.1, -0.05) is 0 Å². The number of halogens is 3. The molecular weight excluding hydrogens is 283 g/mol. The lowest BCUT2D eigenvalue weighted by Crippen LogP contribution is -2.04. The van der Waals surface area contributed by atoms with Crippen LogP contribution in [-0.2, 0) is 13.2 Å². The Kier molecular flexibility index (Phi) is 2.82. The number of fused-ring (bicyclic) bond motifs is 1. The van der Waals surface area contributed by atoms with Gasteiger partial charge in [-0.3, -0.25) is 0 Å². The van der Waals surface area contributed by atoms with Crippen molar-refractivity contribution in [2.24, 2.45) is 7.05 Å². The molecule has 3 aromatic rings. The van der Waals surface area contributed by atoms with E-state index in [0.717, 1.165) is 12.1 Å². The summed E-state index contributed by atoms with van der Waals surface area (Å²) in [4.78, 5) is 12.2. The Labute approximate surface area is 117 Å². The number of rotatable bonds is 1. The molecule has 21 heavy (non-hydrogen) atoms. The maximum Gasteiger partial charge on any atom is 0.416 e. The third-order valence-corrected chi connectivity index (χ3v) is 3.15. The molecule has 0 bridgehead atoms. The number of aryl methyl sites for hydroxylation is 1. The van der Waals surface area contributed by atoms with E-state index >= 15 is 0 Å². The summed E-state index contributed by atoms with van der Waals surface area (Å²) in [7, 11) is 1.69. The normalized spacial score (nSPS) is 12.0. The average Bonchev–Trinajstić information content (AvgIpc) is 2.75. The number of nitrogen functional groups attached to an aromatic ring is 1. The molecular formula is C13H10F3N5. The molecule has 0 fully saturated rings. The second kappa shape index (κ2) is 4.44. The molecule has 0 spiro atoms. The van der Waals surface area contributed by atoms with Gasteiger partial charge >= 0.3 is 6.18 Å². The summed E-state index contributed by atoms with van der Waals surface area (Å²) in [6.45, 7) is 0. The average molecular weight is 293 g/mol. The molecule has 0 radical (unpaired) electrons. The van der Waals surface area contributed by atoms with Gasteiger partial charge in [0.15, 0.2) is 11.6 Å². The van der Waals surface area contributed by atoms with E-state index in [2.05, 4.69) is 15.0 Å². The van der Waals surface area contributed by atoms with E-state index in [4.69, 9.17) is 5.73 Å². The van der Waals surface area contributed by atoms with Crippen LogP contribution in [0.25, 0.3) is 22.6 Å². The predicted octanol–water partition coefficient (Wildman–Crippen LogP) is 2.63. The molecule has 0 unspecified atom stereocenters. The van der Waals surface area contributed by atoms with E-state index in [-0.39, 0.29) is 11.3 Å². The molecule has 0 atom stereocenters. The molecule has 0 aliphatic carbocycles. The van der Waals surface area contributed by atoms with Crippen molar-refractivity contribution in [1.29, 1.82) is 0 Å². The number of nitrogens with zero attached hydrogens (tertiary/aromatic N) is 4. The summed E-state index contributed by atoms with van der Waals surface area (Å²) in [5.74, 6) is 0.543. The Morgan fingerprint density at radius 1 is 1.14 bits per heavy atom. The molecule has 108 valence electrons. The van der Waals surface area contributed by atoms with Crippen molar-refractivity contribution in [3.05, 3.63) is 36.2 Å². The van der Waals surface area contributed by atoms with Gasteiger partial charge < -0.3 is 10.3 Å². The van der Waals surface area contributed by atoms with E-state index < -0.39 is 11.7 Å². The van der Waals surface area contributed by atoms with Crippen molar-refractivity contribution in [2.75, 3.05) is 5.73 Å². The predicted molar refractivity (Wildman–Crippen MR) is 71.2 cm³/mol. The van der Waals surface area contributed by atoms with Gasteiger partial charge in [0.25, 0.3) is 0 Å². The Hall–Kier alpha value is -2.64. The summed E-state index contributed by atoms with van der Waals surface area (Å²) in [6, 6.07) is 3.40. The molecule has 0 aliphatic rings.